The normalized spacial score (nSPS) is 17.4. The Labute approximate surface area is 141 Å². The monoisotopic (exact) mass is 329 g/mol. The fourth-order valence-electron chi connectivity index (χ4n) is 3.11. The van der Waals surface area contributed by atoms with Crippen LogP contribution in [0.3, 0.4) is 0 Å². The second-order valence-electron chi connectivity index (χ2n) is 6.11. The van der Waals surface area contributed by atoms with Crippen LogP contribution in [0, 0.1) is 6.92 Å². The van der Waals surface area contributed by atoms with E-state index >= 15 is 0 Å². The molecule has 1 aromatic heterocycles. The lowest BCUT2D eigenvalue weighted by Gasteiger charge is -2.20. The van der Waals surface area contributed by atoms with Crippen molar-refractivity contribution in [2.45, 2.75) is 25.7 Å². The minimum Gasteiger partial charge on any atom is -0.341 e. The van der Waals surface area contributed by atoms with E-state index in [1.165, 1.54) is 10.4 Å². The molecule has 2 heterocycles. The zero-order valence-corrected chi connectivity index (χ0v) is 14.5. The van der Waals surface area contributed by atoms with Gasteiger partial charge in [0.25, 0.3) is 5.91 Å². The van der Waals surface area contributed by atoms with Gasteiger partial charge in [-0.15, -0.1) is 11.3 Å². The standard InChI is InChI=1S/C18H23N3OS/c1-13-17(23-12-20-13)8-10-21(2)18(22)16-6-4-3-5-15(16)14-7-9-19-11-14/h3-6,12,14,19H,7-11H2,1-2H3. The minimum absolute atomic E-state index is 0.120. The molecule has 0 bridgehead atoms. The van der Waals surface area contributed by atoms with E-state index in [9.17, 15) is 4.79 Å². The van der Waals surface area contributed by atoms with E-state index in [0.29, 0.717) is 5.92 Å². The molecule has 1 N–H and O–H groups in total. The highest BCUT2D eigenvalue weighted by Crippen LogP contribution is 2.26. The van der Waals surface area contributed by atoms with Gasteiger partial charge in [0.1, 0.15) is 0 Å². The Morgan fingerprint density at radius 2 is 2.26 bits per heavy atom. The summed E-state index contributed by atoms with van der Waals surface area (Å²) < 4.78 is 0. The first-order valence-corrected chi connectivity index (χ1v) is 8.99. The first-order chi connectivity index (χ1) is 11.2. The number of amides is 1. The molecule has 122 valence electrons. The van der Waals surface area contributed by atoms with Crippen molar-refractivity contribution in [3.05, 3.63) is 51.5 Å². The van der Waals surface area contributed by atoms with Crippen molar-refractivity contribution in [1.82, 2.24) is 15.2 Å². The molecular weight excluding hydrogens is 306 g/mol. The van der Waals surface area contributed by atoms with Gasteiger partial charge in [-0.2, -0.15) is 0 Å². The predicted molar refractivity (Wildman–Crippen MR) is 94.2 cm³/mol. The van der Waals surface area contributed by atoms with Crippen LogP contribution in [-0.4, -0.2) is 42.5 Å². The molecule has 0 aliphatic carbocycles. The fourth-order valence-corrected chi connectivity index (χ4v) is 3.88. The zero-order valence-electron chi connectivity index (χ0n) is 13.7. The Bertz CT molecular complexity index is 676. The summed E-state index contributed by atoms with van der Waals surface area (Å²) in [5.74, 6) is 0.571. The van der Waals surface area contributed by atoms with Gasteiger partial charge in [-0.1, -0.05) is 18.2 Å². The molecule has 1 aromatic carbocycles. The topological polar surface area (TPSA) is 45.2 Å². The summed E-state index contributed by atoms with van der Waals surface area (Å²) in [6.45, 7) is 4.75. The van der Waals surface area contributed by atoms with Gasteiger partial charge in [-0.05, 0) is 37.4 Å². The Balaban J connectivity index is 1.71. The van der Waals surface area contributed by atoms with Crippen molar-refractivity contribution >= 4 is 17.2 Å². The number of hydrogen-bond acceptors (Lipinski definition) is 4. The lowest BCUT2D eigenvalue weighted by molar-refractivity contribution is 0.0795. The Kier molecular flexibility index (Phi) is 5.08. The maximum atomic E-state index is 12.9. The molecular formula is C18H23N3OS. The quantitative estimate of drug-likeness (QED) is 0.917. The summed E-state index contributed by atoms with van der Waals surface area (Å²) >= 11 is 1.67. The van der Waals surface area contributed by atoms with E-state index in [1.807, 2.05) is 42.6 Å². The number of carbonyl (C=O) groups excluding carboxylic acids is 1. The Morgan fingerprint density at radius 3 is 2.96 bits per heavy atom. The molecule has 1 unspecified atom stereocenters. The molecule has 2 aromatic rings. The van der Waals surface area contributed by atoms with Crippen LogP contribution >= 0.6 is 11.3 Å². The number of rotatable bonds is 5. The molecule has 1 saturated heterocycles. The molecule has 23 heavy (non-hydrogen) atoms. The molecule has 5 heteroatoms. The van der Waals surface area contributed by atoms with E-state index in [4.69, 9.17) is 0 Å². The van der Waals surface area contributed by atoms with Gasteiger partial charge in [-0.25, -0.2) is 4.98 Å². The maximum absolute atomic E-state index is 12.9. The highest BCUT2D eigenvalue weighted by Gasteiger charge is 2.23. The van der Waals surface area contributed by atoms with Crippen LogP contribution in [0.4, 0.5) is 0 Å². The lowest BCUT2D eigenvalue weighted by Crippen LogP contribution is -2.30. The Morgan fingerprint density at radius 1 is 1.43 bits per heavy atom. The van der Waals surface area contributed by atoms with Crippen LogP contribution in [0.5, 0.6) is 0 Å². The summed E-state index contributed by atoms with van der Waals surface area (Å²) in [5, 5.41) is 3.39. The van der Waals surface area contributed by atoms with E-state index < -0.39 is 0 Å². The van der Waals surface area contributed by atoms with Gasteiger partial charge < -0.3 is 10.2 Å². The van der Waals surface area contributed by atoms with Crippen molar-refractivity contribution in [3.8, 4) is 0 Å². The van der Waals surface area contributed by atoms with Gasteiger partial charge in [-0.3, -0.25) is 4.79 Å². The third-order valence-electron chi connectivity index (χ3n) is 4.56. The number of benzene rings is 1. The largest absolute Gasteiger partial charge is 0.341 e. The Hall–Kier alpha value is -1.72. The van der Waals surface area contributed by atoms with Gasteiger partial charge >= 0.3 is 0 Å². The molecule has 1 fully saturated rings. The van der Waals surface area contributed by atoms with Crippen molar-refractivity contribution in [2.24, 2.45) is 0 Å². The SMILES string of the molecule is Cc1ncsc1CCN(C)C(=O)c1ccccc1C1CCNC1. The van der Waals surface area contributed by atoms with E-state index in [0.717, 1.165) is 43.7 Å². The number of nitrogens with zero attached hydrogens (tertiary/aromatic N) is 2. The minimum atomic E-state index is 0.120. The van der Waals surface area contributed by atoms with E-state index in [2.05, 4.69) is 16.4 Å². The molecule has 3 rings (SSSR count). The van der Waals surface area contributed by atoms with Gasteiger partial charge in [0.2, 0.25) is 0 Å². The zero-order chi connectivity index (χ0) is 16.2. The second-order valence-corrected chi connectivity index (χ2v) is 7.05. The highest BCUT2D eigenvalue weighted by atomic mass is 32.1. The van der Waals surface area contributed by atoms with E-state index in [-0.39, 0.29) is 5.91 Å². The number of likely N-dealkylation sites (N-methyl/N-ethyl adjacent to an activating group) is 1. The summed E-state index contributed by atoms with van der Waals surface area (Å²) in [4.78, 5) is 20.2. The molecule has 1 aliphatic heterocycles. The van der Waals surface area contributed by atoms with Gasteiger partial charge in [0.05, 0.1) is 11.2 Å². The predicted octanol–water partition coefficient (Wildman–Crippen LogP) is 2.84. The lowest BCUT2D eigenvalue weighted by atomic mass is 9.93. The number of hydrogen-bond donors (Lipinski definition) is 1. The van der Waals surface area contributed by atoms with Crippen LogP contribution in [0.1, 0.15) is 38.8 Å². The molecule has 1 aliphatic rings. The van der Waals surface area contributed by atoms with Crippen LogP contribution in [0.25, 0.3) is 0 Å². The molecule has 0 saturated carbocycles. The van der Waals surface area contributed by atoms with Crippen molar-refractivity contribution < 1.29 is 4.79 Å². The van der Waals surface area contributed by atoms with Crippen molar-refractivity contribution in [2.75, 3.05) is 26.7 Å². The maximum Gasteiger partial charge on any atom is 0.253 e. The molecule has 0 radical (unpaired) electrons. The average molecular weight is 329 g/mol. The number of nitrogens with one attached hydrogen (secondary N) is 1. The second kappa shape index (κ2) is 7.23. The summed E-state index contributed by atoms with van der Waals surface area (Å²) in [5.41, 5.74) is 4.98. The van der Waals surface area contributed by atoms with Crippen LogP contribution in [0.2, 0.25) is 0 Å². The smallest absolute Gasteiger partial charge is 0.253 e. The first kappa shape index (κ1) is 16.1. The van der Waals surface area contributed by atoms with Crippen LogP contribution in [0.15, 0.2) is 29.8 Å². The fraction of sp³-hybridized carbons (Fsp3) is 0.444. The number of carbonyl (C=O) groups is 1. The molecule has 1 atom stereocenters. The first-order valence-electron chi connectivity index (χ1n) is 8.11. The third-order valence-corrected chi connectivity index (χ3v) is 5.55. The van der Waals surface area contributed by atoms with Gasteiger partial charge in [0, 0.05) is 37.0 Å². The van der Waals surface area contributed by atoms with Crippen LogP contribution in [-0.2, 0) is 6.42 Å². The van der Waals surface area contributed by atoms with Gasteiger partial charge in [0.15, 0.2) is 0 Å². The third kappa shape index (κ3) is 3.62. The summed E-state index contributed by atoms with van der Waals surface area (Å²) in [6.07, 6.45) is 1.97. The molecule has 1 amide bonds. The summed E-state index contributed by atoms with van der Waals surface area (Å²) in [6, 6.07) is 8.06. The average Bonchev–Trinajstić information content (AvgIpc) is 3.23. The van der Waals surface area contributed by atoms with Crippen LogP contribution < -0.4 is 5.32 Å². The number of aromatic nitrogens is 1. The highest BCUT2D eigenvalue weighted by molar-refractivity contribution is 7.09. The number of thiazole rings is 1. The van der Waals surface area contributed by atoms with Crippen molar-refractivity contribution in [1.29, 1.82) is 0 Å². The number of aryl methyl sites for hydroxylation is 1. The molecule has 0 spiro atoms. The summed E-state index contributed by atoms with van der Waals surface area (Å²) in [7, 11) is 1.89. The van der Waals surface area contributed by atoms with E-state index in [1.54, 1.807) is 11.3 Å². The van der Waals surface area contributed by atoms with Crippen molar-refractivity contribution in [3.63, 3.8) is 0 Å². The molecule has 4 nitrogen and oxygen atoms in total.